The van der Waals surface area contributed by atoms with Gasteiger partial charge in [0, 0.05) is 6.20 Å². The van der Waals surface area contributed by atoms with Crippen LogP contribution < -0.4 is 0 Å². The first-order valence-electron chi connectivity index (χ1n) is 4.52. The van der Waals surface area contributed by atoms with Crippen LogP contribution in [0, 0.1) is 12.7 Å². The first kappa shape index (κ1) is 10.8. The van der Waals surface area contributed by atoms with E-state index in [1.54, 1.807) is 6.92 Å². The highest BCUT2D eigenvalue weighted by Crippen LogP contribution is 2.13. The molecule has 0 fully saturated rings. The minimum atomic E-state index is -3.70. The van der Waals surface area contributed by atoms with E-state index in [0.29, 0.717) is 0 Å². The van der Waals surface area contributed by atoms with Gasteiger partial charge in [0.15, 0.2) is 0 Å². The number of hydrogen-bond acceptors (Lipinski definition) is 3. The lowest BCUT2D eigenvalue weighted by Crippen LogP contribution is -2.13. The molecular formula is C10H9FN2O2S. The molecule has 0 saturated carbocycles. The normalized spacial score (nSPS) is 11.6. The number of benzene rings is 1. The molecule has 0 aliphatic carbocycles. The first-order chi connectivity index (χ1) is 7.50. The fourth-order valence-electron chi connectivity index (χ4n) is 1.23. The zero-order valence-electron chi connectivity index (χ0n) is 8.46. The third-order valence-corrected chi connectivity index (χ3v) is 3.61. The Labute approximate surface area is 92.4 Å². The van der Waals surface area contributed by atoms with Crippen LogP contribution in [0.5, 0.6) is 0 Å². The smallest absolute Gasteiger partial charge is 0.207 e. The summed E-state index contributed by atoms with van der Waals surface area (Å²) in [6.07, 6.45) is 2.85. The van der Waals surface area contributed by atoms with Crippen molar-refractivity contribution < 1.29 is 12.8 Å². The highest BCUT2D eigenvalue weighted by atomic mass is 32.2. The summed E-state index contributed by atoms with van der Waals surface area (Å²) < 4.78 is 37.4. The van der Waals surface area contributed by atoms with Crippen LogP contribution in [0.3, 0.4) is 0 Å². The van der Waals surface area contributed by atoms with Crippen molar-refractivity contribution in [3.8, 4) is 0 Å². The van der Waals surface area contributed by atoms with Gasteiger partial charge >= 0.3 is 0 Å². The van der Waals surface area contributed by atoms with Crippen molar-refractivity contribution in [2.24, 2.45) is 0 Å². The Bertz CT molecular complexity index is 602. The Morgan fingerprint density at radius 1 is 1.25 bits per heavy atom. The average Bonchev–Trinajstić information content (AvgIpc) is 2.66. The maximum Gasteiger partial charge on any atom is 0.282 e. The van der Waals surface area contributed by atoms with Crippen molar-refractivity contribution in [2.75, 3.05) is 0 Å². The molecule has 4 nitrogen and oxygen atoms in total. The highest BCUT2D eigenvalue weighted by molar-refractivity contribution is 7.89. The molecule has 1 aromatic heterocycles. The van der Waals surface area contributed by atoms with E-state index < -0.39 is 15.8 Å². The van der Waals surface area contributed by atoms with Crippen molar-refractivity contribution in [2.45, 2.75) is 11.8 Å². The second kappa shape index (κ2) is 3.71. The fourth-order valence-corrected chi connectivity index (χ4v) is 2.41. The molecule has 0 spiro atoms. The lowest BCUT2D eigenvalue weighted by molar-refractivity contribution is 0.579. The molecule has 0 bridgehead atoms. The fraction of sp³-hybridized carbons (Fsp3) is 0.100. The van der Waals surface area contributed by atoms with Gasteiger partial charge in [0.2, 0.25) is 0 Å². The van der Waals surface area contributed by atoms with Crippen LogP contribution in [-0.2, 0) is 10.0 Å². The predicted octanol–water partition coefficient (Wildman–Crippen LogP) is 1.57. The standard InChI is InChI=1S/C10H9FN2O2S/c1-8-6-12-13(7-8)16(14,15)10-4-2-9(11)3-5-10/h2-7H,1H3. The Morgan fingerprint density at radius 2 is 1.88 bits per heavy atom. The van der Waals surface area contributed by atoms with E-state index in [4.69, 9.17) is 0 Å². The van der Waals surface area contributed by atoms with Crippen LogP contribution in [0.25, 0.3) is 0 Å². The third kappa shape index (κ3) is 1.83. The van der Waals surface area contributed by atoms with Gasteiger partial charge in [0.1, 0.15) is 5.82 Å². The van der Waals surface area contributed by atoms with E-state index in [1.807, 2.05) is 0 Å². The molecule has 0 amide bonds. The average molecular weight is 240 g/mol. The van der Waals surface area contributed by atoms with E-state index in [-0.39, 0.29) is 4.90 Å². The SMILES string of the molecule is Cc1cnn(S(=O)(=O)c2ccc(F)cc2)c1. The summed E-state index contributed by atoms with van der Waals surface area (Å²) in [6.45, 7) is 1.74. The van der Waals surface area contributed by atoms with Gasteiger partial charge < -0.3 is 0 Å². The molecule has 0 atom stereocenters. The van der Waals surface area contributed by atoms with Crippen LogP contribution in [0.15, 0.2) is 41.6 Å². The Morgan fingerprint density at radius 3 is 2.38 bits per heavy atom. The molecule has 0 unspecified atom stereocenters. The lowest BCUT2D eigenvalue weighted by atomic mass is 10.4. The molecule has 0 radical (unpaired) electrons. The molecule has 2 rings (SSSR count). The summed E-state index contributed by atoms with van der Waals surface area (Å²) in [5, 5.41) is 3.72. The van der Waals surface area contributed by atoms with E-state index in [2.05, 4.69) is 5.10 Å². The molecular weight excluding hydrogens is 231 g/mol. The van der Waals surface area contributed by atoms with Crippen molar-refractivity contribution in [3.05, 3.63) is 48.0 Å². The summed E-state index contributed by atoms with van der Waals surface area (Å²) in [4.78, 5) is 0.0111. The summed E-state index contributed by atoms with van der Waals surface area (Å²) in [5.41, 5.74) is 0.741. The van der Waals surface area contributed by atoms with Crippen LogP contribution in [-0.4, -0.2) is 17.6 Å². The molecule has 2 aromatic rings. The molecule has 0 saturated heterocycles. The molecule has 6 heteroatoms. The molecule has 1 aromatic carbocycles. The topological polar surface area (TPSA) is 52.0 Å². The predicted molar refractivity (Wildman–Crippen MR) is 55.9 cm³/mol. The molecule has 0 N–H and O–H groups in total. The van der Waals surface area contributed by atoms with Gasteiger partial charge in [-0.2, -0.15) is 17.6 Å². The van der Waals surface area contributed by atoms with Crippen LogP contribution in [0.2, 0.25) is 0 Å². The maximum atomic E-state index is 12.7. The Hall–Kier alpha value is -1.69. The van der Waals surface area contributed by atoms with Crippen molar-refractivity contribution in [3.63, 3.8) is 0 Å². The number of rotatable bonds is 2. The van der Waals surface area contributed by atoms with Gasteiger partial charge in [-0.1, -0.05) is 0 Å². The van der Waals surface area contributed by atoms with Gasteiger partial charge in [-0.25, -0.2) is 4.39 Å². The van der Waals surface area contributed by atoms with Crippen LogP contribution in [0.1, 0.15) is 5.56 Å². The number of aromatic nitrogens is 2. The van der Waals surface area contributed by atoms with E-state index in [1.165, 1.54) is 24.5 Å². The zero-order valence-corrected chi connectivity index (χ0v) is 9.28. The lowest BCUT2D eigenvalue weighted by Gasteiger charge is -2.03. The Kier molecular flexibility index (Phi) is 2.51. The number of nitrogens with zero attached hydrogens (tertiary/aromatic N) is 2. The monoisotopic (exact) mass is 240 g/mol. The van der Waals surface area contributed by atoms with Gasteiger partial charge in [0.25, 0.3) is 10.0 Å². The maximum absolute atomic E-state index is 12.7. The highest BCUT2D eigenvalue weighted by Gasteiger charge is 2.17. The summed E-state index contributed by atoms with van der Waals surface area (Å²) in [7, 11) is -3.70. The van der Waals surface area contributed by atoms with Crippen LogP contribution in [0.4, 0.5) is 4.39 Å². The molecule has 84 valence electrons. The van der Waals surface area contributed by atoms with E-state index >= 15 is 0 Å². The van der Waals surface area contributed by atoms with E-state index in [9.17, 15) is 12.8 Å². The van der Waals surface area contributed by atoms with Gasteiger partial charge in [0.05, 0.1) is 11.1 Å². The second-order valence-corrected chi connectivity index (χ2v) is 5.14. The summed E-state index contributed by atoms with van der Waals surface area (Å²) in [5.74, 6) is -0.476. The molecule has 16 heavy (non-hydrogen) atoms. The zero-order chi connectivity index (χ0) is 11.8. The summed E-state index contributed by atoms with van der Waals surface area (Å²) in [6, 6.07) is 4.62. The van der Waals surface area contributed by atoms with Crippen molar-refractivity contribution >= 4 is 10.0 Å². The second-order valence-electron chi connectivity index (χ2n) is 3.35. The van der Waals surface area contributed by atoms with Crippen molar-refractivity contribution in [1.29, 1.82) is 0 Å². The third-order valence-electron chi connectivity index (χ3n) is 2.05. The van der Waals surface area contributed by atoms with Crippen LogP contribution >= 0.6 is 0 Å². The number of hydrogen-bond donors (Lipinski definition) is 0. The van der Waals surface area contributed by atoms with Crippen molar-refractivity contribution in [1.82, 2.24) is 9.19 Å². The van der Waals surface area contributed by atoms with E-state index in [0.717, 1.165) is 21.8 Å². The molecule has 1 heterocycles. The first-order valence-corrected chi connectivity index (χ1v) is 5.96. The minimum Gasteiger partial charge on any atom is -0.207 e. The number of aryl methyl sites for hydroxylation is 1. The molecule has 0 aliphatic heterocycles. The Balaban J connectivity index is 2.51. The van der Waals surface area contributed by atoms with Gasteiger partial charge in [-0.3, -0.25) is 0 Å². The number of halogens is 1. The van der Waals surface area contributed by atoms with Gasteiger partial charge in [-0.15, -0.1) is 0 Å². The summed E-state index contributed by atoms with van der Waals surface area (Å²) >= 11 is 0. The largest absolute Gasteiger partial charge is 0.282 e. The molecule has 0 aliphatic rings. The minimum absolute atomic E-state index is 0.0111. The van der Waals surface area contributed by atoms with Gasteiger partial charge in [-0.05, 0) is 36.8 Å². The quantitative estimate of drug-likeness (QED) is 0.800.